The molecule has 9 heteroatoms. The van der Waals surface area contributed by atoms with E-state index >= 15 is 0 Å². The summed E-state index contributed by atoms with van der Waals surface area (Å²) in [7, 11) is 0. The van der Waals surface area contributed by atoms with Crippen molar-refractivity contribution in [2.24, 2.45) is 0 Å². The van der Waals surface area contributed by atoms with Gasteiger partial charge in [0.15, 0.2) is 5.69 Å². The average Bonchev–Trinajstić information content (AvgIpc) is 2.98. The quantitative estimate of drug-likeness (QED) is 0.422. The Bertz CT molecular complexity index is 1250. The van der Waals surface area contributed by atoms with Gasteiger partial charge in [-0.25, -0.2) is 4.68 Å². The Morgan fingerprint density at radius 3 is 2.68 bits per heavy atom. The van der Waals surface area contributed by atoms with E-state index in [4.69, 9.17) is 16.3 Å². The minimum absolute atomic E-state index is 0.413. The van der Waals surface area contributed by atoms with Crippen molar-refractivity contribution in [1.29, 1.82) is 0 Å². The van der Waals surface area contributed by atoms with Crippen LogP contribution in [-0.4, -0.2) is 30.7 Å². The van der Waals surface area contributed by atoms with E-state index in [1.54, 1.807) is 4.68 Å². The lowest BCUT2D eigenvalue weighted by atomic mass is 10.1. The third-order valence-corrected chi connectivity index (χ3v) is 6.00. The number of para-hydroxylation sites is 2. The van der Waals surface area contributed by atoms with Crippen LogP contribution >= 0.6 is 23.4 Å². The highest BCUT2D eigenvalue weighted by molar-refractivity contribution is 7.99. The number of nitrogens with one attached hydrogen (secondary N) is 1. The molecule has 3 heterocycles. The van der Waals surface area contributed by atoms with Crippen LogP contribution in [0.25, 0.3) is 16.9 Å². The van der Waals surface area contributed by atoms with Crippen molar-refractivity contribution < 1.29 is 4.74 Å². The first kappa shape index (κ1) is 19.8. The van der Waals surface area contributed by atoms with Gasteiger partial charge in [0.1, 0.15) is 5.15 Å². The Morgan fingerprint density at radius 2 is 1.87 bits per heavy atom. The molecule has 0 fully saturated rings. The number of hydrogen-bond donors (Lipinski definition) is 1. The number of ether oxygens (including phenoxy) is 1. The molecular formula is C22H19ClN6OS. The number of aryl methyl sites for hydroxylation is 1. The number of hydrogen-bond acceptors (Lipinski definition) is 7. The first-order valence-electron chi connectivity index (χ1n) is 9.86. The van der Waals surface area contributed by atoms with Crippen LogP contribution in [0, 0.1) is 6.92 Å². The van der Waals surface area contributed by atoms with Crippen molar-refractivity contribution in [1.82, 2.24) is 25.0 Å². The maximum absolute atomic E-state index is 6.81. The van der Waals surface area contributed by atoms with Gasteiger partial charge in [0, 0.05) is 11.3 Å². The van der Waals surface area contributed by atoms with Gasteiger partial charge in [0.2, 0.25) is 17.3 Å². The number of aromatic nitrogens is 5. The van der Waals surface area contributed by atoms with Crippen LogP contribution in [0.5, 0.6) is 5.88 Å². The fourth-order valence-corrected chi connectivity index (χ4v) is 4.39. The van der Waals surface area contributed by atoms with Gasteiger partial charge in [-0.3, -0.25) is 0 Å². The number of halogens is 1. The highest BCUT2D eigenvalue weighted by atomic mass is 35.5. The fraction of sp³-hybridized carbons (Fsp3) is 0.182. The monoisotopic (exact) mass is 450 g/mol. The van der Waals surface area contributed by atoms with E-state index in [0.717, 1.165) is 33.9 Å². The van der Waals surface area contributed by atoms with Crippen LogP contribution < -0.4 is 10.1 Å². The summed E-state index contributed by atoms with van der Waals surface area (Å²) in [6.07, 6.45) is -0.594. The van der Waals surface area contributed by atoms with E-state index in [0.29, 0.717) is 21.9 Å². The molecule has 7 nitrogen and oxygen atoms in total. The number of rotatable bonds is 4. The Morgan fingerprint density at radius 1 is 1.10 bits per heavy atom. The second-order valence-corrected chi connectivity index (χ2v) is 8.50. The van der Waals surface area contributed by atoms with Crippen molar-refractivity contribution in [3.05, 3.63) is 71.0 Å². The summed E-state index contributed by atoms with van der Waals surface area (Å²) in [5, 5.41) is 17.8. The lowest BCUT2D eigenvalue weighted by Gasteiger charge is -2.19. The summed E-state index contributed by atoms with van der Waals surface area (Å²) in [6, 6.07) is 17.6. The van der Waals surface area contributed by atoms with Gasteiger partial charge >= 0.3 is 0 Å². The lowest BCUT2D eigenvalue weighted by molar-refractivity contribution is 0.224. The van der Waals surface area contributed by atoms with Crippen LogP contribution in [0.1, 0.15) is 24.4 Å². The van der Waals surface area contributed by atoms with Gasteiger partial charge in [0.25, 0.3) is 0 Å². The zero-order valence-electron chi connectivity index (χ0n) is 16.9. The SMILES string of the molecule is CCSc1nnc2c(n1)O[C@H](c1c(C)nn(-c3ccccc3)c1Cl)Nc1ccccc1-2. The summed E-state index contributed by atoms with van der Waals surface area (Å²) in [5.74, 6) is 1.25. The van der Waals surface area contributed by atoms with Gasteiger partial charge in [-0.2, -0.15) is 10.1 Å². The highest BCUT2D eigenvalue weighted by Crippen LogP contribution is 2.41. The maximum atomic E-state index is 6.81. The van der Waals surface area contributed by atoms with E-state index < -0.39 is 6.23 Å². The predicted molar refractivity (Wildman–Crippen MR) is 122 cm³/mol. The summed E-state index contributed by atoms with van der Waals surface area (Å²) in [4.78, 5) is 4.62. The Labute approximate surface area is 188 Å². The molecule has 4 aromatic rings. The minimum atomic E-state index is -0.594. The molecule has 1 aliphatic rings. The van der Waals surface area contributed by atoms with Crippen LogP contribution in [0.2, 0.25) is 5.15 Å². The second kappa shape index (κ2) is 8.20. The summed E-state index contributed by atoms with van der Waals surface area (Å²) in [5.41, 5.74) is 4.71. The number of thioether (sulfide) groups is 1. The molecular weight excluding hydrogens is 432 g/mol. The van der Waals surface area contributed by atoms with Crippen LogP contribution in [0.4, 0.5) is 5.69 Å². The average molecular weight is 451 g/mol. The van der Waals surface area contributed by atoms with Crippen LogP contribution in [0.15, 0.2) is 59.8 Å². The molecule has 0 radical (unpaired) electrons. The molecule has 1 aliphatic heterocycles. The molecule has 0 aliphatic carbocycles. The van der Waals surface area contributed by atoms with E-state index in [2.05, 4.69) is 25.6 Å². The highest BCUT2D eigenvalue weighted by Gasteiger charge is 2.30. The molecule has 2 aromatic carbocycles. The third-order valence-electron chi connectivity index (χ3n) is 4.92. The van der Waals surface area contributed by atoms with Crippen molar-refractivity contribution in [3.63, 3.8) is 0 Å². The van der Waals surface area contributed by atoms with Crippen molar-refractivity contribution in [2.75, 3.05) is 11.1 Å². The number of nitrogens with zero attached hydrogens (tertiary/aromatic N) is 5. The molecule has 0 bridgehead atoms. The van der Waals surface area contributed by atoms with Crippen molar-refractivity contribution in [3.8, 4) is 22.8 Å². The first-order chi connectivity index (χ1) is 15.2. The topological polar surface area (TPSA) is 77.8 Å². The van der Waals surface area contributed by atoms with Crippen LogP contribution in [0.3, 0.4) is 0 Å². The molecule has 1 atom stereocenters. The number of anilines is 1. The van der Waals surface area contributed by atoms with Crippen LogP contribution in [-0.2, 0) is 0 Å². The Hall–Kier alpha value is -3.10. The Kier molecular flexibility index (Phi) is 5.25. The largest absolute Gasteiger partial charge is 0.447 e. The molecule has 0 saturated carbocycles. The molecule has 0 spiro atoms. The summed E-state index contributed by atoms with van der Waals surface area (Å²) >= 11 is 8.33. The van der Waals surface area contributed by atoms with Gasteiger partial charge in [-0.15, -0.1) is 10.2 Å². The molecule has 0 saturated heterocycles. The standard InChI is InChI=1S/C22H19ClN6OS/c1-3-31-22-25-21-18(26-27-22)15-11-7-8-12-16(15)24-20(30-21)17-13(2)28-29(19(17)23)14-9-5-4-6-10-14/h4-12,20,24H,3H2,1-2H3/t20-/m1/s1. The fourth-order valence-electron chi connectivity index (χ4n) is 3.52. The molecule has 2 aromatic heterocycles. The number of fused-ring (bicyclic) bond motifs is 3. The first-order valence-corrected chi connectivity index (χ1v) is 11.2. The lowest BCUT2D eigenvalue weighted by Crippen LogP contribution is -2.18. The normalized spacial score (nSPS) is 14.7. The number of benzene rings is 2. The smallest absolute Gasteiger partial charge is 0.247 e. The van der Waals surface area contributed by atoms with E-state index in [9.17, 15) is 0 Å². The van der Waals surface area contributed by atoms with Gasteiger partial charge in [-0.05, 0) is 30.9 Å². The molecule has 156 valence electrons. The molecule has 1 N–H and O–H groups in total. The Balaban J connectivity index is 1.63. The van der Waals surface area contributed by atoms with Gasteiger partial charge < -0.3 is 10.1 Å². The van der Waals surface area contributed by atoms with Gasteiger partial charge in [0.05, 0.1) is 16.9 Å². The maximum Gasteiger partial charge on any atom is 0.247 e. The van der Waals surface area contributed by atoms with E-state index in [1.165, 1.54) is 11.8 Å². The van der Waals surface area contributed by atoms with Crippen molar-refractivity contribution >= 4 is 29.1 Å². The summed E-state index contributed by atoms with van der Waals surface area (Å²) in [6.45, 7) is 3.96. The predicted octanol–water partition coefficient (Wildman–Crippen LogP) is 5.30. The molecule has 31 heavy (non-hydrogen) atoms. The van der Waals surface area contributed by atoms with Crippen molar-refractivity contribution in [2.45, 2.75) is 25.2 Å². The molecule has 0 amide bonds. The molecule has 5 rings (SSSR count). The zero-order chi connectivity index (χ0) is 21.4. The second-order valence-electron chi connectivity index (χ2n) is 6.91. The minimum Gasteiger partial charge on any atom is -0.447 e. The molecule has 0 unspecified atom stereocenters. The summed E-state index contributed by atoms with van der Waals surface area (Å²) < 4.78 is 8.06. The zero-order valence-corrected chi connectivity index (χ0v) is 18.5. The third kappa shape index (κ3) is 3.62. The van der Waals surface area contributed by atoms with E-state index in [1.807, 2.05) is 68.4 Å². The van der Waals surface area contributed by atoms with E-state index in [-0.39, 0.29) is 0 Å². The van der Waals surface area contributed by atoms with Gasteiger partial charge in [-0.1, -0.05) is 66.7 Å².